The van der Waals surface area contributed by atoms with E-state index in [2.05, 4.69) is 10.3 Å². The summed E-state index contributed by atoms with van der Waals surface area (Å²) in [6.07, 6.45) is 0. The van der Waals surface area contributed by atoms with Crippen molar-refractivity contribution < 1.29 is 15.0 Å². The summed E-state index contributed by atoms with van der Waals surface area (Å²) in [6.45, 7) is 0.895. The van der Waals surface area contributed by atoms with Gasteiger partial charge < -0.3 is 15.5 Å². The van der Waals surface area contributed by atoms with Crippen LogP contribution in [-0.4, -0.2) is 39.9 Å². The van der Waals surface area contributed by atoms with Gasteiger partial charge in [0, 0.05) is 5.38 Å². The van der Waals surface area contributed by atoms with Crippen LogP contribution in [0, 0.1) is 0 Å². The van der Waals surface area contributed by atoms with Gasteiger partial charge in [-0.2, -0.15) is 0 Å². The van der Waals surface area contributed by atoms with Crippen LogP contribution in [0.25, 0.3) is 9.88 Å². The molecule has 0 aliphatic carbocycles. The van der Waals surface area contributed by atoms with Crippen molar-refractivity contribution in [1.82, 2.24) is 10.3 Å². The van der Waals surface area contributed by atoms with E-state index in [1.165, 1.54) is 11.3 Å². The molecular weight excluding hydrogens is 284 g/mol. The maximum absolute atomic E-state index is 12.0. The number of thiophene rings is 1. The Morgan fingerprint density at radius 3 is 2.74 bits per heavy atom. The molecule has 0 fully saturated rings. The predicted octanol–water partition coefficient (Wildman–Crippen LogP) is 1.34. The molecule has 0 saturated heterocycles. The molecule has 0 radical (unpaired) electrons. The van der Waals surface area contributed by atoms with Gasteiger partial charge in [-0.15, -0.1) is 22.7 Å². The second-order valence-corrected chi connectivity index (χ2v) is 6.15. The smallest absolute Gasteiger partial charge is 0.271 e. The normalized spacial score (nSPS) is 11.5. The van der Waals surface area contributed by atoms with Crippen molar-refractivity contribution in [3.8, 4) is 9.88 Å². The molecule has 0 bridgehead atoms. The van der Waals surface area contributed by atoms with Crippen molar-refractivity contribution in [2.75, 3.05) is 13.2 Å². The molecule has 1 amide bonds. The number of carbonyl (C=O) groups excluding carboxylic acids is 1. The zero-order valence-corrected chi connectivity index (χ0v) is 11.9. The van der Waals surface area contributed by atoms with Crippen LogP contribution in [0.2, 0.25) is 0 Å². The number of hydrogen-bond acceptors (Lipinski definition) is 6. The lowest BCUT2D eigenvalue weighted by molar-refractivity contribution is 0.0720. The third-order valence-corrected chi connectivity index (χ3v) is 4.46. The van der Waals surface area contributed by atoms with Crippen molar-refractivity contribution in [3.05, 3.63) is 28.6 Å². The van der Waals surface area contributed by atoms with E-state index in [0.29, 0.717) is 5.69 Å². The SMILES string of the molecule is CC(CO)(CO)NC(=O)c1csc(-c2cccs2)n1. The van der Waals surface area contributed by atoms with Crippen molar-refractivity contribution in [1.29, 1.82) is 0 Å². The minimum atomic E-state index is -1.04. The van der Waals surface area contributed by atoms with Gasteiger partial charge in [0.25, 0.3) is 5.91 Å². The Balaban J connectivity index is 2.13. The molecule has 5 nitrogen and oxygen atoms in total. The molecule has 0 spiro atoms. The van der Waals surface area contributed by atoms with Crippen molar-refractivity contribution in [3.63, 3.8) is 0 Å². The van der Waals surface area contributed by atoms with Crippen LogP contribution in [0.4, 0.5) is 0 Å². The molecule has 19 heavy (non-hydrogen) atoms. The van der Waals surface area contributed by atoms with Gasteiger partial charge in [-0.05, 0) is 18.4 Å². The number of thiazole rings is 1. The van der Waals surface area contributed by atoms with E-state index in [4.69, 9.17) is 10.2 Å². The monoisotopic (exact) mass is 298 g/mol. The van der Waals surface area contributed by atoms with Crippen LogP contribution < -0.4 is 5.32 Å². The molecule has 0 aliphatic heterocycles. The highest BCUT2D eigenvalue weighted by atomic mass is 32.1. The predicted molar refractivity (Wildman–Crippen MR) is 75.5 cm³/mol. The first kappa shape index (κ1) is 14.1. The number of aliphatic hydroxyl groups is 2. The molecular formula is C12H14N2O3S2. The van der Waals surface area contributed by atoms with E-state index in [1.807, 2.05) is 17.5 Å². The van der Waals surface area contributed by atoms with Gasteiger partial charge in [0.1, 0.15) is 10.7 Å². The van der Waals surface area contributed by atoms with Gasteiger partial charge in [-0.1, -0.05) is 6.07 Å². The third kappa shape index (κ3) is 3.19. The Kier molecular flexibility index (Phi) is 4.31. The summed E-state index contributed by atoms with van der Waals surface area (Å²) in [7, 11) is 0. The Hall–Kier alpha value is -1.28. The largest absolute Gasteiger partial charge is 0.394 e. The minimum absolute atomic E-state index is 0.293. The lowest BCUT2D eigenvalue weighted by Crippen LogP contribution is -2.51. The summed E-state index contributed by atoms with van der Waals surface area (Å²) in [6, 6.07) is 3.87. The second kappa shape index (κ2) is 5.79. The van der Waals surface area contributed by atoms with Gasteiger partial charge in [0.15, 0.2) is 0 Å². The number of amides is 1. The van der Waals surface area contributed by atoms with Gasteiger partial charge in [-0.25, -0.2) is 4.98 Å². The zero-order valence-electron chi connectivity index (χ0n) is 10.3. The molecule has 2 aromatic rings. The molecule has 0 saturated carbocycles. The number of hydrogen-bond donors (Lipinski definition) is 3. The van der Waals surface area contributed by atoms with Gasteiger partial charge >= 0.3 is 0 Å². The van der Waals surface area contributed by atoms with Crippen LogP contribution in [0.5, 0.6) is 0 Å². The molecule has 102 valence electrons. The van der Waals surface area contributed by atoms with Crippen molar-refractivity contribution >= 4 is 28.6 Å². The van der Waals surface area contributed by atoms with Gasteiger partial charge in [0.05, 0.1) is 23.6 Å². The average Bonchev–Trinajstić information content (AvgIpc) is 3.08. The van der Waals surface area contributed by atoms with Crippen molar-refractivity contribution in [2.45, 2.75) is 12.5 Å². The molecule has 2 rings (SSSR count). The summed E-state index contributed by atoms with van der Waals surface area (Å²) in [4.78, 5) is 17.2. The quantitative estimate of drug-likeness (QED) is 0.778. The number of rotatable bonds is 5. The van der Waals surface area contributed by atoms with E-state index in [-0.39, 0.29) is 13.2 Å². The Morgan fingerprint density at radius 2 is 2.16 bits per heavy atom. The molecule has 0 aliphatic rings. The standard InChI is InChI=1S/C12H14N2O3S2/c1-12(6-15,7-16)14-10(17)8-5-19-11(13-8)9-3-2-4-18-9/h2-5,15-16H,6-7H2,1H3,(H,14,17). The summed E-state index contributed by atoms with van der Waals surface area (Å²) >= 11 is 2.95. The summed E-state index contributed by atoms with van der Waals surface area (Å²) in [5.74, 6) is -0.398. The Morgan fingerprint density at radius 1 is 1.42 bits per heavy atom. The molecule has 0 aromatic carbocycles. The maximum Gasteiger partial charge on any atom is 0.271 e. The molecule has 2 aromatic heterocycles. The topological polar surface area (TPSA) is 82.5 Å². The third-order valence-electron chi connectivity index (χ3n) is 2.58. The van der Waals surface area contributed by atoms with E-state index in [1.54, 1.807) is 23.6 Å². The first-order valence-electron chi connectivity index (χ1n) is 5.61. The molecule has 7 heteroatoms. The molecule has 0 atom stereocenters. The van der Waals surface area contributed by atoms with Crippen LogP contribution in [0.15, 0.2) is 22.9 Å². The first-order chi connectivity index (χ1) is 9.08. The van der Waals surface area contributed by atoms with E-state index in [9.17, 15) is 4.79 Å². The highest BCUT2D eigenvalue weighted by molar-refractivity contribution is 7.20. The highest BCUT2D eigenvalue weighted by Crippen LogP contribution is 2.27. The maximum atomic E-state index is 12.0. The number of nitrogens with zero attached hydrogens (tertiary/aromatic N) is 1. The molecule has 2 heterocycles. The average molecular weight is 298 g/mol. The van der Waals surface area contributed by atoms with Crippen LogP contribution in [-0.2, 0) is 0 Å². The van der Waals surface area contributed by atoms with E-state index >= 15 is 0 Å². The molecule has 3 N–H and O–H groups in total. The van der Waals surface area contributed by atoms with Crippen LogP contribution in [0.1, 0.15) is 17.4 Å². The summed E-state index contributed by atoms with van der Waals surface area (Å²) in [5.41, 5.74) is -0.745. The van der Waals surface area contributed by atoms with Gasteiger partial charge in [-0.3, -0.25) is 4.79 Å². The lowest BCUT2D eigenvalue weighted by atomic mass is 10.1. The Bertz CT molecular complexity index is 547. The van der Waals surface area contributed by atoms with E-state index < -0.39 is 11.4 Å². The van der Waals surface area contributed by atoms with E-state index in [0.717, 1.165) is 9.88 Å². The van der Waals surface area contributed by atoms with Gasteiger partial charge in [0.2, 0.25) is 0 Å². The fraction of sp³-hybridized carbons (Fsp3) is 0.333. The number of aliphatic hydroxyl groups excluding tert-OH is 2. The van der Waals surface area contributed by atoms with Crippen molar-refractivity contribution in [2.24, 2.45) is 0 Å². The van der Waals surface area contributed by atoms with Crippen LogP contribution in [0.3, 0.4) is 0 Å². The summed E-state index contributed by atoms with van der Waals surface area (Å²) < 4.78 is 0. The fourth-order valence-electron chi connectivity index (χ4n) is 1.36. The number of nitrogens with one attached hydrogen (secondary N) is 1. The highest BCUT2D eigenvalue weighted by Gasteiger charge is 2.26. The summed E-state index contributed by atoms with van der Waals surface area (Å²) in [5, 5.41) is 25.3. The first-order valence-corrected chi connectivity index (χ1v) is 7.37. The van der Waals surface area contributed by atoms with Crippen LogP contribution >= 0.6 is 22.7 Å². The Labute approximate surface area is 118 Å². The second-order valence-electron chi connectivity index (χ2n) is 4.35. The number of carbonyl (C=O) groups is 1. The minimum Gasteiger partial charge on any atom is -0.394 e. The number of aromatic nitrogens is 1. The lowest BCUT2D eigenvalue weighted by Gasteiger charge is -2.25. The molecule has 0 unspecified atom stereocenters. The fourth-order valence-corrected chi connectivity index (χ4v) is 2.97. The zero-order chi connectivity index (χ0) is 13.9.